The van der Waals surface area contributed by atoms with Crippen LogP contribution in [0.5, 0.6) is 0 Å². The Kier molecular flexibility index (Phi) is 5.12. The van der Waals surface area contributed by atoms with Crippen LogP contribution in [0.2, 0.25) is 0 Å². The molecule has 0 bridgehead atoms. The van der Waals surface area contributed by atoms with E-state index in [9.17, 15) is 4.79 Å². The summed E-state index contributed by atoms with van der Waals surface area (Å²) >= 11 is 0. The molecule has 0 fully saturated rings. The van der Waals surface area contributed by atoms with E-state index in [-0.39, 0.29) is 18.6 Å². The highest BCUT2D eigenvalue weighted by atomic mass is 16.5. The number of rotatable bonds is 5. The molecule has 0 radical (unpaired) electrons. The zero-order valence-corrected chi connectivity index (χ0v) is 10.5. The summed E-state index contributed by atoms with van der Waals surface area (Å²) in [5, 5.41) is 9.07. The molecule has 17 heavy (non-hydrogen) atoms. The van der Waals surface area contributed by atoms with Crippen LogP contribution in [0.25, 0.3) is 0 Å². The molecule has 4 nitrogen and oxygen atoms in total. The molecule has 0 spiro atoms. The van der Waals surface area contributed by atoms with Crippen molar-refractivity contribution in [2.45, 2.75) is 19.5 Å². The van der Waals surface area contributed by atoms with Crippen molar-refractivity contribution in [2.24, 2.45) is 0 Å². The number of hydrogen-bond acceptors (Lipinski definition) is 4. The van der Waals surface area contributed by atoms with Crippen LogP contribution in [-0.4, -0.2) is 42.8 Å². The molecule has 0 amide bonds. The topological polar surface area (TPSA) is 49.8 Å². The van der Waals surface area contributed by atoms with Gasteiger partial charge >= 0.3 is 5.97 Å². The molecule has 1 N–H and O–H groups in total. The molecule has 0 heterocycles. The number of nitrogens with zero attached hydrogens (tertiary/aromatic N) is 1. The molecule has 0 saturated heterocycles. The predicted octanol–water partition coefficient (Wildman–Crippen LogP) is 1.29. The maximum atomic E-state index is 11.6. The van der Waals surface area contributed by atoms with Crippen molar-refractivity contribution in [2.75, 3.05) is 20.8 Å². The minimum atomic E-state index is -0.328. The summed E-state index contributed by atoms with van der Waals surface area (Å²) in [5.41, 5.74) is 1.48. The number of esters is 1. The molecule has 1 rings (SSSR count). The fraction of sp³-hybridized carbons (Fsp3) is 0.462. The first-order valence-corrected chi connectivity index (χ1v) is 5.57. The molecule has 1 aromatic carbocycles. The number of methoxy groups -OCH3 is 1. The zero-order valence-electron chi connectivity index (χ0n) is 10.5. The van der Waals surface area contributed by atoms with Crippen molar-refractivity contribution in [1.29, 1.82) is 0 Å². The number of carbonyl (C=O) groups is 1. The van der Waals surface area contributed by atoms with E-state index in [1.54, 1.807) is 6.07 Å². The smallest absolute Gasteiger partial charge is 0.338 e. The maximum Gasteiger partial charge on any atom is 0.338 e. The number of ether oxygens (including phenoxy) is 1. The molecule has 1 aromatic rings. The second-order valence-electron chi connectivity index (χ2n) is 4.10. The van der Waals surface area contributed by atoms with Crippen LogP contribution in [0, 0.1) is 0 Å². The van der Waals surface area contributed by atoms with Gasteiger partial charge in [-0.15, -0.1) is 0 Å². The van der Waals surface area contributed by atoms with Crippen molar-refractivity contribution in [3.05, 3.63) is 35.4 Å². The predicted molar refractivity (Wildman–Crippen MR) is 65.8 cm³/mol. The molecule has 1 unspecified atom stereocenters. The fourth-order valence-corrected chi connectivity index (χ4v) is 1.53. The highest BCUT2D eigenvalue weighted by Gasteiger charge is 2.14. The highest BCUT2D eigenvalue weighted by molar-refractivity contribution is 5.90. The van der Waals surface area contributed by atoms with Crippen molar-refractivity contribution in [1.82, 2.24) is 4.90 Å². The first-order valence-electron chi connectivity index (χ1n) is 5.57. The Morgan fingerprint density at radius 3 is 2.71 bits per heavy atom. The molecule has 0 aliphatic heterocycles. The van der Waals surface area contributed by atoms with Crippen molar-refractivity contribution in [3.63, 3.8) is 0 Å². The number of benzene rings is 1. The van der Waals surface area contributed by atoms with Gasteiger partial charge in [-0.05, 0) is 25.6 Å². The van der Waals surface area contributed by atoms with Gasteiger partial charge in [0.25, 0.3) is 0 Å². The second-order valence-corrected chi connectivity index (χ2v) is 4.10. The summed E-state index contributed by atoms with van der Waals surface area (Å²) in [7, 11) is 3.29. The SMILES string of the molecule is COC(=O)c1ccccc1CN(C)C(C)CO. The number of carbonyl (C=O) groups excluding carboxylic acids is 1. The third-order valence-corrected chi connectivity index (χ3v) is 2.86. The Hall–Kier alpha value is -1.39. The quantitative estimate of drug-likeness (QED) is 0.784. The number of aliphatic hydroxyl groups is 1. The average molecular weight is 237 g/mol. The van der Waals surface area contributed by atoms with Crippen LogP contribution < -0.4 is 0 Å². The summed E-state index contributed by atoms with van der Waals surface area (Å²) in [6.45, 7) is 2.63. The first-order chi connectivity index (χ1) is 8.10. The maximum absolute atomic E-state index is 11.6. The van der Waals surface area contributed by atoms with Crippen LogP contribution in [0.4, 0.5) is 0 Å². The minimum absolute atomic E-state index is 0.0562. The van der Waals surface area contributed by atoms with Crippen molar-refractivity contribution in [3.8, 4) is 0 Å². The Labute approximate surface area is 102 Å². The van der Waals surface area contributed by atoms with Gasteiger partial charge < -0.3 is 9.84 Å². The van der Waals surface area contributed by atoms with Gasteiger partial charge in [-0.3, -0.25) is 4.90 Å². The number of aliphatic hydroxyl groups excluding tert-OH is 1. The Morgan fingerprint density at radius 1 is 1.47 bits per heavy atom. The summed E-state index contributed by atoms with van der Waals surface area (Å²) in [6, 6.07) is 7.40. The molecular weight excluding hydrogens is 218 g/mol. The molecule has 1 atom stereocenters. The van der Waals surface area contributed by atoms with E-state index in [0.717, 1.165) is 5.56 Å². The van der Waals surface area contributed by atoms with Gasteiger partial charge in [-0.1, -0.05) is 18.2 Å². The average Bonchev–Trinajstić information content (AvgIpc) is 2.37. The largest absolute Gasteiger partial charge is 0.465 e. The molecule has 4 heteroatoms. The highest BCUT2D eigenvalue weighted by Crippen LogP contribution is 2.13. The minimum Gasteiger partial charge on any atom is -0.465 e. The number of hydrogen-bond donors (Lipinski definition) is 1. The van der Waals surface area contributed by atoms with Gasteiger partial charge in [0.05, 0.1) is 19.3 Å². The Morgan fingerprint density at radius 2 is 2.12 bits per heavy atom. The van der Waals surface area contributed by atoms with Gasteiger partial charge in [-0.2, -0.15) is 0 Å². The van der Waals surface area contributed by atoms with Crippen LogP contribution in [-0.2, 0) is 11.3 Å². The summed E-state index contributed by atoms with van der Waals surface area (Å²) < 4.78 is 4.74. The third kappa shape index (κ3) is 3.54. The summed E-state index contributed by atoms with van der Waals surface area (Å²) in [5.74, 6) is -0.328. The fourth-order valence-electron chi connectivity index (χ4n) is 1.53. The lowest BCUT2D eigenvalue weighted by Crippen LogP contribution is -2.32. The summed E-state index contributed by atoms with van der Waals surface area (Å²) in [6.07, 6.45) is 0. The zero-order chi connectivity index (χ0) is 12.8. The third-order valence-electron chi connectivity index (χ3n) is 2.86. The standard InChI is InChI=1S/C13H19NO3/c1-10(9-15)14(2)8-11-6-4-5-7-12(11)13(16)17-3/h4-7,10,15H,8-9H2,1-3H3. The second kappa shape index (κ2) is 6.37. The van der Waals surface area contributed by atoms with Crippen LogP contribution >= 0.6 is 0 Å². The van der Waals surface area contributed by atoms with Gasteiger partial charge in [0.2, 0.25) is 0 Å². The van der Waals surface area contributed by atoms with Crippen molar-refractivity contribution < 1.29 is 14.6 Å². The van der Waals surface area contributed by atoms with E-state index in [0.29, 0.717) is 12.1 Å². The lowest BCUT2D eigenvalue weighted by Gasteiger charge is -2.23. The van der Waals surface area contributed by atoms with E-state index in [2.05, 4.69) is 0 Å². The number of likely N-dealkylation sites (N-methyl/N-ethyl adjacent to an activating group) is 1. The summed E-state index contributed by atoms with van der Waals surface area (Å²) in [4.78, 5) is 13.6. The van der Waals surface area contributed by atoms with E-state index >= 15 is 0 Å². The van der Waals surface area contributed by atoms with Gasteiger partial charge in [0, 0.05) is 12.6 Å². The monoisotopic (exact) mass is 237 g/mol. The molecule has 94 valence electrons. The molecule has 0 aliphatic carbocycles. The molecular formula is C13H19NO3. The van der Waals surface area contributed by atoms with Gasteiger partial charge in [-0.25, -0.2) is 4.79 Å². The normalized spacial score (nSPS) is 12.5. The first kappa shape index (κ1) is 13.7. The van der Waals surface area contributed by atoms with E-state index in [1.165, 1.54) is 7.11 Å². The molecule has 0 aliphatic rings. The lowest BCUT2D eigenvalue weighted by molar-refractivity contribution is 0.0597. The lowest BCUT2D eigenvalue weighted by atomic mass is 10.1. The Bertz CT molecular complexity index is 379. The van der Waals surface area contributed by atoms with Crippen molar-refractivity contribution >= 4 is 5.97 Å². The van der Waals surface area contributed by atoms with Crippen LogP contribution in [0.3, 0.4) is 0 Å². The Balaban J connectivity index is 2.87. The van der Waals surface area contributed by atoms with Crippen LogP contribution in [0.1, 0.15) is 22.8 Å². The van der Waals surface area contributed by atoms with Gasteiger partial charge in [0.15, 0.2) is 0 Å². The van der Waals surface area contributed by atoms with E-state index < -0.39 is 0 Å². The molecule has 0 saturated carbocycles. The van der Waals surface area contributed by atoms with Crippen LogP contribution in [0.15, 0.2) is 24.3 Å². The molecule has 0 aromatic heterocycles. The van der Waals surface area contributed by atoms with E-state index in [4.69, 9.17) is 9.84 Å². The van der Waals surface area contributed by atoms with Gasteiger partial charge in [0.1, 0.15) is 0 Å². The van der Waals surface area contributed by atoms with E-state index in [1.807, 2.05) is 37.1 Å².